The molecule has 0 radical (unpaired) electrons. The second-order valence-electron chi connectivity index (χ2n) is 5.15. The molecule has 1 saturated heterocycles. The Morgan fingerprint density at radius 2 is 1.88 bits per heavy atom. The first-order chi connectivity index (χ1) is 7.65. The van der Waals surface area contributed by atoms with Crippen LogP contribution in [0.2, 0.25) is 0 Å². The minimum atomic E-state index is 0.818. The zero-order chi connectivity index (χ0) is 11.5. The Morgan fingerprint density at radius 1 is 1.19 bits per heavy atom. The number of likely N-dealkylation sites (tertiary alicyclic amines) is 1. The molecule has 90 valence electrons. The van der Waals surface area contributed by atoms with Gasteiger partial charge in [-0.3, -0.25) is 0 Å². The standard InChI is InChI=1S/C11H21N5/c1-9-6-10(2)8-15(7-9)4-5-16-11(3)12-13-14-16/h9-10H,4-8H2,1-3H3/t9-,10+. The summed E-state index contributed by atoms with van der Waals surface area (Å²) in [6.07, 6.45) is 1.36. The van der Waals surface area contributed by atoms with Gasteiger partial charge in [0.1, 0.15) is 5.82 Å². The lowest BCUT2D eigenvalue weighted by atomic mass is 9.92. The van der Waals surface area contributed by atoms with Crippen molar-refractivity contribution in [2.45, 2.75) is 33.7 Å². The lowest BCUT2D eigenvalue weighted by molar-refractivity contribution is 0.135. The number of hydrogen-bond donors (Lipinski definition) is 0. The summed E-state index contributed by atoms with van der Waals surface area (Å²) in [7, 11) is 0. The molecule has 2 atom stereocenters. The SMILES string of the molecule is Cc1nnnn1CCN1C[C@H](C)C[C@H](C)C1. The van der Waals surface area contributed by atoms with Gasteiger partial charge in [-0.2, -0.15) is 0 Å². The lowest BCUT2D eigenvalue weighted by Crippen LogP contribution is -2.40. The summed E-state index contributed by atoms with van der Waals surface area (Å²) in [5.74, 6) is 2.54. The van der Waals surface area contributed by atoms with Crippen molar-refractivity contribution >= 4 is 0 Å². The number of rotatable bonds is 3. The van der Waals surface area contributed by atoms with E-state index in [0.29, 0.717) is 0 Å². The Hall–Kier alpha value is -0.970. The number of nitrogens with zero attached hydrogens (tertiary/aromatic N) is 5. The molecular formula is C11H21N5. The van der Waals surface area contributed by atoms with Crippen molar-refractivity contribution in [2.75, 3.05) is 19.6 Å². The molecule has 1 aliphatic rings. The van der Waals surface area contributed by atoms with Crippen LogP contribution in [0.25, 0.3) is 0 Å². The lowest BCUT2D eigenvalue weighted by Gasteiger charge is -2.34. The summed E-state index contributed by atoms with van der Waals surface area (Å²) in [5, 5.41) is 11.5. The Labute approximate surface area is 96.8 Å². The zero-order valence-corrected chi connectivity index (χ0v) is 10.4. The van der Waals surface area contributed by atoms with E-state index in [-0.39, 0.29) is 0 Å². The van der Waals surface area contributed by atoms with Crippen LogP contribution in [0.3, 0.4) is 0 Å². The molecule has 1 fully saturated rings. The minimum absolute atomic E-state index is 0.818. The zero-order valence-electron chi connectivity index (χ0n) is 10.4. The van der Waals surface area contributed by atoms with Crippen molar-refractivity contribution in [1.82, 2.24) is 25.1 Å². The third kappa shape index (κ3) is 2.78. The second kappa shape index (κ2) is 4.91. The molecule has 0 amide bonds. The summed E-state index contributed by atoms with van der Waals surface area (Å²) >= 11 is 0. The van der Waals surface area contributed by atoms with Crippen LogP contribution in [-0.4, -0.2) is 44.7 Å². The van der Waals surface area contributed by atoms with Crippen molar-refractivity contribution in [3.05, 3.63) is 5.82 Å². The van der Waals surface area contributed by atoms with E-state index in [1.807, 2.05) is 11.6 Å². The summed E-state index contributed by atoms with van der Waals surface area (Å²) < 4.78 is 1.88. The van der Waals surface area contributed by atoms with Gasteiger partial charge in [0.25, 0.3) is 0 Å². The molecule has 0 saturated carbocycles. The van der Waals surface area contributed by atoms with E-state index >= 15 is 0 Å². The molecule has 5 nitrogen and oxygen atoms in total. The fraction of sp³-hybridized carbons (Fsp3) is 0.909. The summed E-state index contributed by atoms with van der Waals surface area (Å²) in [4.78, 5) is 2.53. The van der Waals surface area contributed by atoms with Gasteiger partial charge in [-0.25, -0.2) is 4.68 Å². The van der Waals surface area contributed by atoms with Crippen molar-refractivity contribution in [2.24, 2.45) is 11.8 Å². The van der Waals surface area contributed by atoms with Crippen LogP contribution in [0.1, 0.15) is 26.1 Å². The molecule has 1 aromatic rings. The number of piperidine rings is 1. The fourth-order valence-corrected chi connectivity index (χ4v) is 2.67. The Balaban J connectivity index is 1.84. The maximum absolute atomic E-state index is 3.97. The summed E-state index contributed by atoms with van der Waals surface area (Å²) in [6, 6.07) is 0. The predicted molar refractivity (Wildman–Crippen MR) is 61.9 cm³/mol. The number of aryl methyl sites for hydroxylation is 1. The van der Waals surface area contributed by atoms with Gasteiger partial charge in [-0.15, -0.1) is 5.10 Å². The molecule has 16 heavy (non-hydrogen) atoms. The Bertz CT molecular complexity index is 325. The maximum Gasteiger partial charge on any atom is 0.148 e. The van der Waals surface area contributed by atoms with Gasteiger partial charge in [0, 0.05) is 19.6 Å². The van der Waals surface area contributed by atoms with E-state index in [1.165, 1.54) is 19.5 Å². The molecule has 0 spiro atoms. The van der Waals surface area contributed by atoms with E-state index in [4.69, 9.17) is 0 Å². The van der Waals surface area contributed by atoms with Crippen molar-refractivity contribution in [3.8, 4) is 0 Å². The highest BCUT2D eigenvalue weighted by molar-refractivity contribution is 4.77. The molecule has 1 aliphatic heterocycles. The molecule has 2 heterocycles. The van der Waals surface area contributed by atoms with E-state index in [0.717, 1.165) is 30.7 Å². The van der Waals surface area contributed by atoms with Gasteiger partial charge in [-0.1, -0.05) is 13.8 Å². The molecule has 0 aromatic carbocycles. The third-order valence-corrected chi connectivity index (χ3v) is 3.28. The monoisotopic (exact) mass is 223 g/mol. The molecule has 2 rings (SSSR count). The smallest absolute Gasteiger partial charge is 0.148 e. The summed E-state index contributed by atoms with van der Waals surface area (Å²) in [6.45, 7) is 11.0. The number of hydrogen-bond acceptors (Lipinski definition) is 4. The highest BCUT2D eigenvalue weighted by Gasteiger charge is 2.21. The van der Waals surface area contributed by atoms with E-state index in [1.54, 1.807) is 0 Å². The molecular weight excluding hydrogens is 202 g/mol. The van der Waals surface area contributed by atoms with Crippen LogP contribution in [0.5, 0.6) is 0 Å². The maximum atomic E-state index is 3.97. The predicted octanol–water partition coefficient (Wildman–Crippen LogP) is 0.959. The normalized spacial score (nSPS) is 27.2. The third-order valence-electron chi connectivity index (χ3n) is 3.28. The van der Waals surface area contributed by atoms with Gasteiger partial charge in [0.05, 0.1) is 6.54 Å². The van der Waals surface area contributed by atoms with Crippen molar-refractivity contribution < 1.29 is 0 Å². The molecule has 0 unspecified atom stereocenters. The topological polar surface area (TPSA) is 46.8 Å². The first-order valence-corrected chi connectivity index (χ1v) is 6.10. The Morgan fingerprint density at radius 3 is 2.44 bits per heavy atom. The highest BCUT2D eigenvalue weighted by Crippen LogP contribution is 2.20. The van der Waals surface area contributed by atoms with Crippen LogP contribution in [-0.2, 0) is 6.54 Å². The molecule has 0 bridgehead atoms. The van der Waals surface area contributed by atoms with Crippen LogP contribution < -0.4 is 0 Å². The average molecular weight is 223 g/mol. The molecule has 5 heteroatoms. The number of tetrazole rings is 1. The largest absolute Gasteiger partial charge is 0.301 e. The van der Waals surface area contributed by atoms with E-state index in [9.17, 15) is 0 Å². The average Bonchev–Trinajstić information content (AvgIpc) is 2.59. The van der Waals surface area contributed by atoms with Gasteiger partial charge >= 0.3 is 0 Å². The molecule has 0 N–H and O–H groups in total. The minimum Gasteiger partial charge on any atom is -0.301 e. The van der Waals surface area contributed by atoms with Gasteiger partial charge in [-0.05, 0) is 35.6 Å². The van der Waals surface area contributed by atoms with Crippen LogP contribution in [0, 0.1) is 18.8 Å². The van der Waals surface area contributed by atoms with Gasteiger partial charge < -0.3 is 4.90 Å². The first-order valence-electron chi connectivity index (χ1n) is 6.10. The summed E-state index contributed by atoms with van der Waals surface area (Å²) in [5.41, 5.74) is 0. The van der Waals surface area contributed by atoms with Gasteiger partial charge in [0.2, 0.25) is 0 Å². The van der Waals surface area contributed by atoms with Crippen LogP contribution in [0.15, 0.2) is 0 Å². The van der Waals surface area contributed by atoms with Crippen molar-refractivity contribution in [1.29, 1.82) is 0 Å². The Kier molecular flexibility index (Phi) is 3.53. The van der Waals surface area contributed by atoms with Crippen LogP contribution >= 0.6 is 0 Å². The van der Waals surface area contributed by atoms with Crippen LogP contribution in [0.4, 0.5) is 0 Å². The number of aromatic nitrogens is 4. The highest BCUT2D eigenvalue weighted by atomic mass is 15.5. The second-order valence-corrected chi connectivity index (χ2v) is 5.15. The molecule has 1 aromatic heterocycles. The van der Waals surface area contributed by atoms with E-state index < -0.39 is 0 Å². The van der Waals surface area contributed by atoms with Gasteiger partial charge in [0.15, 0.2) is 0 Å². The quantitative estimate of drug-likeness (QED) is 0.765. The first kappa shape index (κ1) is 11.5. The molecule has 0 aliphatic carbocycles. The fourth-order valence-electron chi connectivity index (χ4n) is 2.67. The van der Waals surface area contributed by atoms with E-state index in [2.05, 4.69) is 34.3 Å². The van der Waals surface area contributed by atoms with Crippen molar-refractivity contribution in [3.63, 3.8) is 0 Å².